The molecule has 1 aromatic rings. The topological polar surface area (TPSA) is 38.3 Å². The molecular weight excluding hydrogens is 226 g/mol. The van der Waals surface area contributed by atoms with E-state index in [0.29, 0.717) is 11.6 Å². The summed E-state index contributed by atoms with van der Waals surface area (Å²) in [6.45, 7) is 0.611. The second-order valence-electron chi connectivity index (χ2n) is 4.14. The quantitative estimate of drug-likeness (QED) is 0.821. The van der Waals surface area contributed by atoms with Crippen LogP contribution in [0.3, 0.4) is 0 Å². The molecule has 0 aromatic heterocycles. The van der Waals surface area contributed by atoms with Gasteiger partial charge < -0.3 is 10.1 Å². The number of ether oxygens (including phenoxy) is 1. The first-order valence-corrected chi connectivity index (χ1v) is 5.62. The Balaban J connectivity index is 1.95. The number of carbonyl (C=O) groups excluding carboxylic acids is 1. The normalized spacial score (nSPS) is 16.6. The Hall–Kier alpha value is -1.22. The van der Waals surface area contributed by atoms with Crippen LogP contribution >= 0.6 is 11.6 Å². The average molecular weight is 240 g/mol. The minimum Gasteiger partial charge on any atom is -0.469 e. The van der Waals surface area contributed by atoms with Crippen LogP contribution in [0.15, 0.2) is 24.3 Å². The van der Waals surface area contributed by atoms with Crippen molar-refractivity contribution in [3.05, 3.63) is 29.3 Å². The highest BCUT2D eigenvalue weighted by atomic mass is 35.5. The summed E-state index contributed by atoms with van der Waals surface area (Å²) in [5.74, 6) is -0.123. The number of benzene rings is 1. The predicted molar refractivity (Wildman–Crippen MR) is 63.6 cm³/mol. The number of rotatable bonds is 4. The maximum Gasteiger partial charge on any atom is 0.313 e. The Morgan fingerprint density at radius 3 is 2.88 bits per heavy atom. The summed E-state index contributed by atoms with van der Waals surface area (Å²) in [4.78, 5) is 11.5. The molecule has 1 N–H and O–H groups in total. The highest BCUT2D eigenvalue weighted by molar-refractivity contribution is 6.30. The molecule has 0 spiro atoms. The van der Waals surface area contributed by atoms with Crippen molar-refractivity contribution in [2.45, 2.75) is 12.8 Å². The van der Waals surface area contributed by atoms with Gasteiger partial charge in [-0.05, 0) is 31.0 Å². The summed E-state index contributed by atoms with van der Waals surface area (Å²) in [6.07, 6.45) is 1.79. The molecule has 4 heteroatoms. The molecule has 16 heavy (non-hydrogen) atoms. The Labute approximate surface area is 99.7 Å². The third-order valence-electron chi connectivity index (χ3n) is 2.93. The van der Waals surface area contributed by atoms with Crippen molar-refractivity contribution < 1.29 is 9.53 Å². The van der Waals surface area contributed by atoms with Gasteiger partial charge in [0.2, 0.25) is 0 Å². The summed E-state index contributed by atoms with van der Waals surface area (Å²) >= 11 is 5.87. The first kappa shape index (κ1) is 11.3. The van der Waals surface area contributed by atoms with Gasteiger partial charge in [0.05, 0.1) is 12.5 Å². The summed E-state index contributed by atoms with van der Waals surface area (Å²) < 4.78 is 4.78. The number of nitrogens with one attached hydrogen (secondary N) is 1. The summed E-state index contributed by atoms with van der Waals surface area (Å²) in [5, 5.41) is 3.91. The molecule has 0 bridgehead atoms. The molecule has 1 saturated carbocycles. The fraction of sp³-hybridized carbons (Fsp3) is 0.417. The van der Waals surface area contributed by atoms with Crippen molar-refractivity contribution in [3.63, 3.8) is 0 Å². The van der Waals surface area contributed by atoms with Crippen LogP contribution in [0.1, 0.15) is 12.8 Å². The van der Waals surface area contributed by atoms with Crippen LogP contribution in [0.4, 0.5) is 5.69 Å². The summed E-state index contributed by atoms with van der Waals surface area (Å²) in [7, 11) is 1.43. The molecule has 0 saturated heterocycles. The van der Waals surface area contributed by atoms with Crippen molar-refractivity contribution in [2.75, 3.05) is 19.0 Å². The molecular formula is C12H14ClNO2. The van der Waals surface area contributed by atoms with Gasteiger partial charge >= 0.3 is 5.97 Å². The summed E-state index contributed by atoms with van der Waals surface area (Å²) in [5.41, 5.74) is 0.625. The molecule has 1 fully saturated rings. The van der Waals surface area contributed by atoms with E-state index < -0.39 is 0 Å². The third kappa shape index (κ3) is 2.30. The zero-order valence-corrected chi connectivity index (χ0v) is 9.88. The minimum atomic E-state index is -0.308. The fourth-order valence-electron chi connectivity index (χ4n) is 1.69. The van der Waals surface area contributed by atoms with E-state index >= 15 is 0 Å². The Kier molecular flexibility index (Phi) is 3.06. The van der Waals surface area contributed by atoms with E-state index in [1.54, 1.807) is 0 Å². The number of esters is 1. The van der Waals surface area contributed by atoms with Crippen LogP contribution in [-0.4, -0.2) is 19.6 Å². The third-order valence-corrected chi connectivity index (χ3v) is 3.16. The van der Waals surface area contributed by atoms with E-state index in [9.17, 15) is 4.79 Å². The van der Waals surface area contributed by atoms with E-state index in [0.717, 1.165) is 18.5 Å². The standard InChI is InChI=1S/C12H14ClNO2/c1-16-11(15)12(5-6-12)8-14-10-4-2-3-9(13)7-10/h2-4,7,14H,5-6,8H2,1H3. The molecule has 0 amide bonds. The van der Waals surface area contributed by atoms with Crippen molar-refractivity contribution >= 4 is 23.3 Å². The maximum atomic E-state index is 11.5. The molecule has 0 heterocycles. The van der Waals surface area contributed by atoms with Crippen LogP contribution in [0.2, 0.25) is 5.02 Å². The van der Waals surface area contributed by atoms with Crippen molar-refractivity contribution in [2.24, 2.45) is 5.41 Å². The lowest BCUT2D eigenvalue weighted by Gasteiger charge is -2.14. The lowest BCUT2D eigenvalue weighted by atomic mass is 10.1. The highest BCUT2D eigenvalue weighted by Gasteiger charge is 2.50. The fourth-order valence-corrected chi connectivity index (χ4v) is 1.88. The van der Waals surface area contributed by atoms with Gasteiger partial charge in [0, 0.05) is 17.3 Å². The van der Waals surface area contributed by atoms with E-state index in [1.165, 1.54) is 7.11 Å². The lowest BCUT2D eigenvalue weighted by Crippen LogP contribution is -2.25. The molecule has 1 aliphatic rings. The minimum absolute atomic E-state index is 0.123. The second kappa shape index (κ2) is 4.34. The molecule has 3 nitrogen and oxygen atoms in total. The summed E-state index contributed by atoms with van der Waals surface area (Å²) in [6, 6.07) is 7.47. The monoisotopic (exact) mass is 239 g/mol. The van der Waals surface area contributed by atoms with Crippen LogP contribution in [0.5, 0.6) is 0 Å². The van der Waals surface area contributed by atoms with Gasteiger partial charge in [0.25, 0.3) is 0 Å². The molecule has 2 rings (SSSR count). The van der Waals surface area contributed by atoms with Gasteiger partial charge in [-0.1, -0.05) is 17.7 Å². The van der Waals surface area contributed by atoms with Crippen LogP contribution in [0.25, 0.3) is 0 Å². The Morgan fingerprint density at radius 2 is 2.31 bits per heavy atom. The molecule has 0 aliphatic heterocycles. The molecule has 1 aromatic carbocycles. The first-order valence-electron chi connectivity index (χ1n) is 5.24. The number of hydrogen-bond acceptors (Lipinski definition) is 3. The zero-order chi connectivity index (χ0) is 11.6. The maximum absolute atomic E-state index is 11.5. The van der Waals surface area contributed by atoms with Gasteiger partial charge in [0.15, 0.2) is 0 Å². The van der Waals surface area contributed by atoms with Crippen molar-refractivity contribution in [1.29, 1.82) is 0 Å². The SMILES string of the molecule is COC(=O)C1(CNc2cccc(Cl)c2)CC1. The smallest absolute Gasteiger partial charge is 0.313 e. The average Bonchev–Trinajstić information content (AvgIpc) is 3.07. The van der Waals surface area contributed by atoms with Gasteiger partial charge in [-0.3, -0.25) is 4.79 Å². The second-order valence-corrected chi connectivity index (χ2v) is 4.57. The van der Waals surface area contributed by atoms with E-state index in [-0.39, 0.29) is 11.4 Å². The molecule has 0 unspecified atom stereocenters. The van der Waals surface area contributed by atoms with E-state index in [1.807, 2.05) is 24.3 Å². The largest absolute Gasteiger partial charge is 0.469 e. The number of hydrogen-bond donors (Lipinski definition) is 1. The molecule has 0 radical (unpaired) electrons. The Morgan fingerprint density at radius 1 is 1.56 bits per heavy atom. The number of carbonyl (C=O) groups is 1. The zero-order valence-electron chi connectivity index (χ0n) is 9.13. The number of anilines is 1. The Bertz CT molecular complexity index is 402. The van der Waals surface area contributed by atoms with Gasteiger partial charge in [-0.25, -0.2) is 0 Å². The molecule has 1 aliphatic carbocycles. The number of methoxy groups -OCH3 is 1. The van der Waals surface area contributed by atoms with E-state index in [4.69, 9.17) is 16.3 Å². The van der Waals surface area contributed by atoms with Gasteiger partial charge in [-0.2, -0.15) is 0 Å². The number of halogens is 1. The highest BCUT2D eigenvalue weighted by Crippen LogP contribution is 2.46. The first-order chi connectivity index (χ1) is 7.66. The van der Waals surface area contributed by atoms with Crippen molar-refractivity contribution in [1.82, 2.24) is 0 Å². The van der Waals surface area contributed by atoms with E-state index in [2.05, 4.69) is 5.32 Å². The van der Waals surface area contributed by atoms with Crippen LogP contribution < -0.4 is 5.32 Å². The molecule has 86 valence electrons. The molecule has 0 atom stereocenters. The van der Waals surface area contributed by atoms with Crippen LogP contribution in [0, 0.1) is 5.41 Å². The predicted octanol–water partition coefficient (Wildman–Crippen LogP) is 2.71. The van der Waals surface area contributed by atoms with Crippen molar-refractivity contribution in [3.8, 4) is 0 Å². The van der Waals surface area contributed by atoms with Crippen LogP contribution in [-0.2, 0) is 9.53 Å². The van der Waals surface area contributed by atoms with Gasteiger partial charge in [0.1, 0.15) is 0 Å². The van der Waals surface area contributed by atoms with Gasteiger partial charge in [-0.15, -0.1) is 0 Å². The lowest BCUT2D eigenvalue weighted by molar-refractivity contribution is -0.146.